The lowest BCUT2D eigenvalue weighted by Gasteiger charge is -2.00. The summed E-state index contributed by atoms with van der Waals surface area (Å²) in [5.41, 5.74) is 0. The third kappa shape index (κ3) is 25.0. The van der Waals surface area contributed by atoms with Gasteiger partial charge in [-0.25, -0.2) is 0 Å². The molecule has 0 heterocycles. The van der Waals surface area contributed by atoms with Crippen molar-refractivity contribution in [2.24, 2.45) is 0 Å². The first-order chi connectivity index (χ1) is 4.83. The lowest BCUT2D eigenvalue weighted by atomic mass is 10.9. The van der Waals surface area contributed by atoms with Gasteiger partial charge in [0.05, 0.1) is 5.88 Å². The van der Waals surface area contributed by atoms with Crippen molar-refractivity contribution >= 4 is 52.8 Å². The van der Waals surface area contributed by atoms with E-state index in [1.54, 1.807) is 14.1 Å². The molecule has 0 saturated carbocycles. The molecule has 6 heteroatoms. The molecule has 0 rings (SSSR count). The molecular weight excluding hydrogens is 232 g/mol. The monoisotopic (exact) mass is 239 g/mol. The number of halogens is 4. The molecular formula is C5H9Cl4NO. The molecule has 0 aromatic carbocycles. The van der Waals surface area contributed by atoms with Crippen LogP contribution in [0.15, 0.2) is 0 Å². The zero-order chi connectivity index (χ0) is 9.49. The van der Waals surface area contributed by atoms with E-state index in [9.17, 15) is 4.79 Å². The van der Waals surface area contributed by atoms with Crippen LogP contribution in [0.1, 0.15) is 0 Å². The summed E-state index contributed by atoms with van der Waals surface area (Å²) in [6, 6.07) is 0. The van der Waals surface area contributed by atoms with Gasteiger partial charge in [0.2, 0.25) is 10.2 Å². The van der Waals surface area contributed by atoms with E-state index < -0.39 is 3.79 Å². The van der Waals surface area contributed by atoms with Crippen LogP contribution >= 0.6 is 46.4 Å². The first kappa shape index (κ1) is 14.2. The Kier molecular flexibility index (Phi) is 9.39. The molecule has 0 atom stereocenters. The lowest BCUT2D eigenvalue weighted by Crippen LogP contribution is -2.06. The summed E-state index contributed by atoms with van der Waals surface area (Å²) in [6.07, 6.45) is 0.750. The fourth-order valence-electron chi connectivity index (χ4n) is 0. The minimum atomic E-state index is -1.28. The van der Waals surface area contributed by atoms with Crippen LogP contribution in [0.3, 0.4) is 0 Å². The zero-order valence-electron chi connectivity index (χ0n) is 6.15. The number of alkyl halides is 4. The first-order valence-electron chi connectivity index (χ1n) is 2.58. The molecule has 2 nitrogen and oxygen atoms in total. The Morgan fingerprint density at radius 2 is 1.55 bits per heavy atom. The lowest BCUT2D eigenvalue weighted by molar-refractivity contribution is -0.115. The topological polar surface area (TPSA) is 20.3 Å². The predicted octanol–water partition coefficient (Wildman–Crippen LogP) is 2.30. The zero-order valence-corrected chi connectivity index (χ0v) is 9.18. The third-order valence-electron chi connectivity index (χ3n) is 0.362. The van der Waals surface area contributed by atoms with E-state index in [0.717, 1.165) is 6.41 Å². The van der Waals surface area contributed by atoms with Crippen molar-refractivity contribution in [2.75, 3.05) is 20.0 Å². The molecule has 0 unspecified atom stereocenters. The van der Waals surface area contributed by atoms with Crippen molar-refractivity contribution in [1.29, 1.82) is 0 Å². The van der Waals surface area contributed by atoms with E-state index in [4.69, 9.17) is 46.4 Å². The quantitative estimate of drug-likeness (QED) is 0.509. The van der Waals surface area contributed by atoms with E-state index in [0.29, 0.717) is 0 Å². The summed E-state index contributed by atoms with van der Waals surface area (Å²) >= 11 is 20.4. The number of carbonyl (C=O) groups excluding carboxylic acids is 1. The van der Waals surface area contributed by atoms with Crippen LogP contribution in [-0.4, -0.2) is 35.1 Å². The maximum Gasteiger partial charge on any atom is 0.209 e. The molecule has 0 spiro atoms. The summed E-state index contributed by atoms with van der Waals surface area (Å²) < 4.78 is -1.28. The number of rotatable bonds is 1. The minimum absolute atomic E-state index is 0.0394. The highest BCUT2D eigenvalue weighted by molar-refractivity contribution is 6.69. The van der Waals surface area contributed by atoms with Crippen LogP contribution in [0.4, 0.5) is 0 Å². The Balaban J connectivity index is 0. The molecule has 0 aliphatic carbocycles. The van der Waals surface area contributed by atoms with E-state index in [-0.39, 0.29) is 5.88 Å². The highest BCUT2D eigenvalue weighted by Crippen LogP contribution is 2.26. The Bertz CT molecular complexity index is 101. The SMILES string of the molecule is CN(C)C=O.ClCC(Cl)(Cl)Cl. The molecule has 0 fully saturated rings. The molecule has 68 valence electrons. The van der Waals surface area contributed by atoms with Gasteiger partial charge in [-0.1, -0.05) is 34.8 Å². The molecule has 1 amide bonds. The Hall–Kier alpha value is 0.630. The highest BCUT2D eigenvalue weighted by Gasteiger charge is 2.16. The maximum absolute atomic E-state index is 9.43. The second-order valence-corrected chi connectivity index (χ2v) is 4.60. The molecule has 0 aliphatic heterocycles. The Morgan fingerprint density at radius 3 is 1.55 bits per heavy atom. The molecule has 11 heavy (non-hydrogen) atoms. The molecule has 0 aromatic rings. The van der Waals surface area contributed by atoms with Crippen molar-refractivity contribution in [3.8, 4) is 0 Å². The highest BCUT2D eigenvalue weighted by atomic mass is 35.6. The van der Waals surface area contributed by atoms with Crippen LogP contribution in [-0.2, 0) is 4.79 Å². The molecule has 0 aromatic heterocycles. The van der Waals surface area contributed by atoms with E-state index in [2.05, 4.69) is 0 Å². The molecule has 0 radical (unpaired) electrons. The normalized spacial score (nSPS) is 9.64. The largest absolute Gasteiger partial charge is 0.351 e. The summed E-state index contributed by atoms with van der Waals surface area (Å²) in [7, 11) is 3.38. The van der Waals surface area contributed by atoms with Crippen LogP contribution in [0.2, 0.25) is 0 Å². The van der Waals surface area contributed by atoms with Crippen LogP contribution in [0, 0.1) is 0 Å². The summed E-state index contributed by atoms with van der Waals surface area (Å²) in [5.74, 6) is 0.0394. The third-order valence-corrected chi connectivity index (χ3v) is 1.57. The number of nitrogens with zero attached hydrogens (tertiary/aromatic N) is 1. The minimum Gasteiger partial charge on any atom is -0.351 e. The average molecular weight is 241 g/mol. The number of hydrogen-bond acceptors (Lipinski definition) is 1. The number of amides is 1. The second kappa shape index (κ2) is 7.29. The van der Waals surface area contributed by atoms with E-state index >= 15 is 0 Å². The maximum atomic E-state index is 9.43. The van der Waals surface area contributed by atoms with Gasteiger partial charge in [0.1, 0.15) is 0 Å². The molecule has 0 bridgehead atoms. The molecule has 0 aliphatic rings. The van der Waals surface area contributed by atoms with Crippen molar-refractivity contribution in [1.82, 2.24) is 4.90 Å². The summed E-state index contributed by atoms with van der Waals surface area (Å²) in [4.78, 5) is 10.9. The van der Waals surface area contributed by atoms with Gasteiger partial charge in [-0.15, -0.1) is 11.6 Å². The Morgan fingerprint density at radius 1 is 1.36 bits per heavy atom. The standard InChI is InChI=1S/C3H7NO.C2H2Cl4/c1-4(2)3-5;3-1-2(4,5)6/h3H,1-2H3;1H2. The molecule has 0 N–H and O–H groups in total. The predicted molar refractivity (Wildman–Crippen MR) is 50.8 cm³/mol. The van der Waals surface area contributed by atoms with Crippen LogP contribution in [0.5, 0.6) is 0 Å². The van der Waals surface area contributed by atoms with Gasteiger partial charge in [-0.3, -0.25) is 4.79 Å². The fourth-order valence-corrected chi connectivity index (χ4v) is 0. The van der Waals surface area contributed by atoms with Gasteiger partial charge in [0, 0.05) is 14.1 Å². The Labute approximate surface area is 86.3 Å². The van der Waals surface area contributed by atoms with Crippen molar-refractivity contribution < 1.29 is 4.79 Å². The number of carbonyl (C=O) groups is 1. The van der Waals surface area contributed by atoms with Gasteiger partial charge in [0.15, 0.2) is 0 Å². The van der Waals surface area contributed by atoms with Crippen molar-refractivity contribution in [3.63, 3.8) is 0 Å². The number of hydrogen-bond donors (Lipinski definition) is 0. The van der Waals surface area contributed by atoms with Gasteiger partial charge in [-0.2, -0.15) is 0 Å². The van der Waals surface area contributed by atoms with Crippen molar-refractivity contribution in [2.45, 2.75) is 3.79 Å². The van der Waals surface area contributed by atoms with Gasteiger partial charge in [0.25, 0.3) is 0 Å². The average Bonchev–Trinajstić information content (AvgIpc) is 1.88. The van der Waals surface area contributed by atoms with Crippen LogP contribution in [0.25, 0.3) is 0 Å². The van der Waals surface area contributed by atoms with Gasteiger partial charge in [-0.05, 0) is 0 Å². The smallest absolute Gasteiger partial charge is 0.209 e. The second-order valence-electron chi connectivity index (χ2n) is 1.82. The molecule has 0 saturated heterocycles. The summed E-state index contributed by atoms with van der Waals surface area (Å²) in [6.45, 7) is 0. The van der Waals surface area contributed by atoms with E-state index in [1.165, 1.54) is 4.90 Å². The van der Waals surface area contributed by atoms with E-state index in [1.807, 2.05) is 0 Å². The van der Waals surface area contributed by atoms with Gasteiger partial charge < -0.3 is 4.90 Å². The van der Waals surface area contributed by atoms with Gasteiger partial charge >= 0.3 is 0 Å². The van der Waals surface area contributed by atoms with Crippen molar-refractivity contribution in [3.05, 3.63) is 0 Å². The fraction of sp³-hybridized carbons (Fsp3) is 0.800. The first-order valence-corrected chi connectivity index (χ1v) is 4.24. The summed E-state index contributed by atoms with van der Waals surface area (Å²) in [5, 5.41) is 0. The van der Waals surface area contributed by atoms with Crippen LogP contribution < -0.4 is 0 Å².